The van der Waals surface area contributed by atoms with Gasteiger partial charge in [0.2, 0.25) is 29.5 Å². The van der Waals surface area contributed by atoms with Crippen LogP contribution in [0.15, 0.2) is 48.6 Å². The summed E-state index contributed by atoms with van der Waals surface area (Å²) in [4.78, 5) is 89.3. The number of imide groups is 1. The van der Waals surface area contributed by atoms with Gasteiger partial charge in [0, 0.05) is 62.3 Å². The van der Waals surface area contributed by atoms with Crippen molar-refractivity contribution >= 4 is 53.5 Å². The van der Waals surface area contributed by atoms with Gasteiger partial charge in [-0.3, -0.25) is 38.9 Å². The van der Waals surface area contributed by atoms with Gasteiger partial charge in [0.15, 0.2) is 0 Å². The van der Waals surface area contributed by atoms with Gasteiger partial charge in [-0.1, -0.05) is 24.3 Å². The van der Waals surface area contributed by atoms with Crippen LogP contribution in [0.1, 0.15) is 68.7 Å². The Hall–Kier alpha value is -5.71. The Labute approximate surface area is 310 Å². The quantitative estimate of drug-likeness (QED) is 0.0936. The molecule has 5 N–H and O–H groups in total. The van der Waals surface area contributed by atoms with Gasteiger partial charge in [-0.15, -0.1) is 0 Å². The van der Waals surface area contributed by atoms with Crippen molar-refractivity contribution in [2.24, 2.45) is 0 Å². The topological polar surface area (TPSA) is 213 Å². The average molecular weight is 743 g/mol. The summed E-state index contributed by atoms with van der Waals surface area (Å²) in [5.41, 5.74) is 3.84. The third kappa shape index (κ3) is 8.90. The van der Waals surface area contributed by atoms with Crippen molar-refractivity contribution in [3.05, 3.63) is 81.9 Å². The van der Waals surface area contributed by atoms with E-state index in [4.69, 9.17) is 9.47 Å². The monoisotopic (exact) mass is 742 g/mol. The number of nitrogens with zero attached hydrogens (tertiary/aromatic N) is 2. The molecule has 284 valence electrons. The van der Waals surface area contributed by atoms with Crippen molar-refractivity contribution in [1.29, 1.82) is 0 Å². The van der Waals surface area contributed by atoms with Crippen molar-refractivity contribution in [3.8, 4) is 0 Å². The fraction of sp³-hybridized carbons (Fsp3) is 0.395. The van der Waals surface area contributed by atoms with E-state index in [9.17, 15) is 38.7 Å². The molecule has 6 rings (SSSR count). The second kappa shape index (κ2) is 17.4. The van der Waals surface area contributed by atoms with Crippen molar-refractivity contribution < 1.29 is 48.1 Å². The maximum Gasteiger partial charge on any atom is 0.255 e. The molecule has 4 aliphatic heterocycles. The number of benzene rings is 2. The number of aliphatic hydroxyl groups is 1. The first-order valence-corrected chi connectivity index (χ1v) is 17.8. The molecule has 4 aliphatic rings. The van der Waals surface area contributed by atoms with Crippen molar-refractivity contribution in [2.45, 2.75) is 57.1 Å². The number of hydrogen-bond donors (Lipinski definition) is 5. The standard InChI is InChI=1S/C38H42N6O10/c45-31(11-7-23-3-1-5-25-27(23)21-43(37(25)51)29-9-13-33(47)41-35(29)49)39-15-17-53-19-20-54-18-16-40-32(46)12-8-24-4-2-6-26-28(24)22-44(38(26)52)30-10-14-34(48)42-36(30)50/h1-8,11-12,29-30,35,49H,9-10,13-22H2,(H,39,45)(H,40,46)(H,41,47)(H,42,48,50)/b11-7+,12-8+. The van der Waals surface area contributed by atoms with Crippen LogP contribution in [0.25, 0.3) is 12.2 Å². The van der Waals surface area contributed by atoms with Gasteiger partial charge in [-0.25, -0.2) is 0 Å². The highest BCUT2D eigenvalue weighted by molar-refractivity contribution is 6.06. The lowest BCUT2D eigenvalue weighted by molar-refractivity contribution is -0.137. The van der Waals surface area contributed by atoms with Crippen LogP contribution >= 0.6 is 0 Å². The number of carbonyl (C=O) groups excluding carboxylic acids is 7. The minimum Gasteiger partial charge on any atom is -0.377 e. The van der Waals surface area contributed by atoms with Crippen molar-refractivity contribution in [2.75, 3.05) is 39.5 Å². The number of carbonyl (C=O) groups is 7. The zero-order valence-electron chi connectivity index (χ0n) is 29.5. The highest BCUT2D eigenvalue weighted by Gasteiger charge is 2.41. The average Bonchev–Trinajstić information content (AvgIpc) is 3.67. The molecule has 54 heavy (non-hydrogen) atoms. The van der Waals surface area contributed by atoms with Crippen LogP contribution in [0.2, 0.25) is 0 Å². The molecular weight excluding hydrogens is 700 g/mol. The Morgan fingerprint density at radius 3 is 1.83 bits per heavy atom. The van der Waals surface area contributed by atoms with Gasteiger partial charge in [0.25, 0.3) is 11.8 Å². The molecule has 16 heteroatoms. The molecule has 0 bridgehead atoms. The summed E-state index contributed by atoms with van der Waals surface area (Å²) in [6.07, 6.45) is 5.92. The zero-order chi connectivity index (χ0) is 38.2. The van der Waals surface area contributed by atoms with Gasteiger partial charge in [-0.05, 0) is 59.4 Å². The van der Waals surface area contributed by atoms with E-state index in [1.165, 1.54) is 17.1 Å². The van der Waals surface area contributed by atoms with Crippen molar-refractivity contribution in [3.63, 3.8) is 0 Å². The number of hydrogen-bond acceptors (Lipinski definition) is 10. The molecular formula is C38H42N6O10. The molecule has 0 radical (unpaired) electrons. The Morgan fingerprint density at radius 2 is 1.28 bits per heavy atom. The van der Waals surface area contributed by atoms with Crippen LogP contribution in [0.4, 0.5) is 0 Å². The number of fused-ring (bicyclic) bond motifs is 2. The number of ether oxygens (including phenoxy) is 2. The summed E-state index contributed by atoms with van der Waals surface area (Å²) in [5, 5.41) is 20.6. The summed E-state index contributed by atoms with van der Waals surface area (Å²) in [6, 6.07) is 9.21. The Balaban J connectivity index is 0.834. The molecule has 2 aromatic rings. The SMILES string of the molecule is O=C(/C=C/c1cccc2c1CN(C1CCC(=O)NC1=O)C2=O)NCCOCCOCCNC(=O)/C=C/c1cccc2c1CN(C1CCC(=O)NC1O)C2=O. The van der Waals surface area contributed by atoms with Crippen LogP contribution < -0.4 is 21.3 Å². The second-order valence-corrected chi connectivity index (χ2v) is 13.2. The lowest BCUT2D eigenvalue weighted by Crippen LogP contribution is -2.55. The summed E-state index contributed by atoms with van der Waals surface area (Å²) < 4.78 is 11.0. The molecule has 0 spiro atoms. The van der Waals surface area contributed by atoms with E-state index in [-0.39, 0.29) is 107 Å². The number of rotatable bonds is 15. The van der Waals surface area contributed by atoms with Gasteiger partial charge in [0.1, 0.15) is 12.3 Å². The van der Waals surface area contributed by atoms with E-state index in [0.717, 1.165) is 5.56 Å². The molecule has 7 amide bonds. The van der Waals surface area contributed by atoms with E-state index in [2.05, 4.69) is 21.3 Å². The van der Waals surface area contributed by atoms with Gasteiger partial charge in [-0.2, -0.15) is 0 Å². The molecule has 4 heterocycles. The minimum atomic E-state index is -1.13. The maximum atomic E-state index is 13.0. The summed E-state index contributed by atoms with van der Waals surface area (Å²) in [5.74, 6) is -2.26. The molecule has 16 nitrogen and oxygen atoms in total. The van der Waals surface area contributed by atoms with Gasteiger partial charge < -0.3 is 40.3 Å². The van der Waals surface area contributed by atoms with Gasteiger partial charge >= 0.3 is 0 Å². The molecule has 2 fully saturated rings. The molecule has 3 unspecified atom stereocenters. The highest BCUT2D eigenvalue weighted by atomic mass is 16.5. The summed E-state index contributed by atoms with van der Waals surface area (Å²) in [7, 11) is 0. The second-order valence-electron chi connectivity index (χ2n) is 13.2. The largest absolute Gasteiger partial charge is 0.377 e. The van der Waals surface area contributed by atoms with E-state index in [1.807, 2.05) is 6.07 Å². The molecule has 0 aromatic heterocycles. The maximum absolute atomic E-state index is 13.0. The number of piperidine rings is 2. The van der Waals surface area contributed by atoms with Crippen LogP contribution in [-0.4, -0.2) is 114 Å². The van der Waals surface area contributed by atoms with E-state index < -0.39 is 24.2 Å². The normalized spacial score (nSPS) is 21.1. The highest BCUT2D eigenvalue weighted by Crippen LogP contribution is 2.32. The fourth-order valence-corrected chi connectivity index (χ4v) is 6.93. The predicted molar refractivity (Wildman–Crippen MR) is 192 cm³/mol. The van der Waals surface area contributed by atoms with Gasteiger partial charge in [0.05, 0.1) is 32.5 Å². The number of amides is 7. The van der Waals surface area contributed by atoms with Crippen LogP contribution in [-0.2, 0) is 46.5 Å². The number of nitrogens with one attached hydrogen (secondary N) is 4. The first-order chi connectivity index (χ1) is 26.1. The van der Waals surface area contributed by atoms with E-state index >= 15 is 0 Å². The third-order valence-electron chi connectivity index (χ3n) is 9.68. The Morgan fingerprint density at radius 1 is 0.741 bits per heavy atom. The molecule has 0 aliphatic carbocycles. The first-order valence-electron chi connectivity index (χ1n) is 17.8. The molecule has 0 saturated carbocycles. The minimum absolute atomic E-state index is 0.170. The Kier molecular flexibility index (Phi) is 12.3. The van der Waals surface area contributed by atoms with Crippen LogP contribution in [0, 0.1) is 0 Å². The molecule has 2 saturated heterocycles. The predicted octanol–water partition coefficient (Wildman–Crippen LogP) is -0.00740. The lowest BCUT2D eigenvalue weighted by Gasteiger charge is -2.35. The third-order valence-corrected chi connectivity index (χ3v) is 9.68. The molecule has 2 aromatic carbocycles. The fourth-order valence-electron chi connectivity index (χ4n) is 6.93. The van der Waals surface area contributed by atoms with Crippen LogP contribution in [0.3, 0.4) is 0 Å². The van der Waals surface area contributed by atoms with Crippen LogP contribution in [0.5, 0.6) is 0 Å². The zero-order valence-corrected chi connectivity index (χ0v) is 29.5. The first kappa shape index (κ1) is 38.0. The van der Waals surface area contributed by atoms with Crippen molar-refractivity contribution in [1.82, 2.24) is 31.1 Å². The summed E-state index contributed by atoms with van der Waals surface area (Å²) >= 11 is 0. The molecule has 3 atom stereocenters. The van der Waals surface area contributed by atoms with E-state index in [0.29, 0.717) is 34.2 Å². The smallest absolute Gasteiger partial charge is 0.255 e. The lowest BCUT2D eigenvalue weighted by atomic mass is 10.0. The summed E-state index contributed by atoms with van der Waals surface area (Å²) in [6.45, 7) is 2.09. The Bertz CT molecular complexity index is 1890. The van der Waals surface area contributed by atoms with E-state index in [1.54, 1.807) is 47.4 Å². The number of aliphatic hydroxyl groups excluding tert-OH is 1.